The molecule has 1 aromatic rings. The van der Waals surface area contributed by atoms with E-state index in [9.17, 15) is 18.5 Å². The zero-order valence-corrected chi connectivity index (χ0v) is 12.2. The van der Waals surface area contributed by atoms with Crippen LogP contribution in [-0.2, 0) is 10.0 Å². The number of nitrogens with zero attached hydrogens (tertiary/aromatic N) is 2. The minimum absolute atomic E-state index is 0.00157. The van der Waals surface area contributed by atoms with Crippen LogP contribution in [0.4, 0.5) is 5.69 Å². The van der Waals surface area contributed by atoms with Crippen molar-refractivity contribution in [1.29, 1.82) is 0 Å². The number of benzene rings is 1. The van der Waals surface area contributed by atoms with E-state index in [1.165, 1.54) is 10.4 Å². The van der Waals surface area contributed by atoms with Crippen LogP contribution in [0.25, 0.3) is 0 Å². The highest BCUT2D eigenvalue weighted by atomic mass is 32.2. The summed E-state index contributed by atoms with van der Waals surface area (Å²) in [7, 11) is -3.73. The molecule has 1 atom stereocenters. The van der Waals surface area contributed by atoms with Crippen molar-refractivity contribution in [3.8, 4) is 0 Å². The van der Waals surface area contributed by atoms with Gasteiger partial charge in [-0.05, 0) is 31.4 Å². The zero-order chi connectivity index (χ0) is 15.1. The molecule has 0 bridgehead atoms. The second kappa shape index (κ2) is 5.12. The average Bonchev–Trinajstić information content (AvgIpc) is 2.79. The SMILES string of the molecule is Cc1cc([N+](=O)[O-])cc(S(=O)(=O)N2CC[C@H](N)C2)c1C. The van der Waals surface area contributed by atoms with Gasteiger partial charge in [0, 0.05) is 31.3 Å². The van der Waals surface area contributed by atoms with Crippen molar-refractivity contribution in [1.82, 2.24) is 4.31 Å². The molecule has 0 saturated carbocycles. The third kappa shape index (κ3) is 2.54. The number of hydrogen-bond acceptors (Lipinski definition) is 5. The molecule has 0 unspecified atom stereocenters. The van der Waals surface area contributed by atoms with Gasteiger partial charge in [0.15, 0.2) is 0 Å². The van der Waals surface area contributed by atoms with Gasteiger partial charge in [0.25, 0.3) is 5.69 Å². The topological polar surface area (TPSA) is 107 Å². The summed E-state index contributed by atoms with van der Waals surface area (Å²) < 4.78 is 26.4. The summed E-state index contributed by atoms with van der Waals surface area (Å²) in [5, 5.41) is 10.9. The summed E-state index contributed by atoms with van der Waals surface area (Å²) in [6.45, 7) is 3.92. The van der Waals surface area contributed by atoms with Crippen molar-refractivity contribution < 1.29 is 13.3 Å². The molecule has 8 heteroatoms. The van der Waals surface area contributed by atoms with Gasteiger partial charge in [0.2, 0.25) is 10.0 Å². The summed E-state index contributed by atoms with van der Waals surface area (Å²) in [6.07, 6.45) is 0.603. The van der Waals surface area contributed by atoms with Crippen LogP contribution in [0, 0.1) is 24.0 Å². The molecule has 20 heavy (non-hydrogen) atoms. The van der Waals surface area contributed by atoms with Gasteiger partial charge in [-0.2, -0.15) is 4.31 Å². The van der Waals surface area contributed by atoms with E-state index >= 15 is 0 Å². The van der Waals surface area contributed by atoms with Gasteiger partial charge in [-0.25, -0.2) is 8.42 Å². The Morgan fingerprint density at radius 3 is 2.55 bits per heavy atom. The molecule has 1 aromatic carbocycles. The van der Waals surface area contributed by atoms with Gasteiger partial charge in [-0.1, -0.05) is 0 Å². The van der Waals surface area contributed by atoms with E-state index in [4.69, 9.17) is 5.73 Å². The summed E-state index contributed by atoms with van der Waals surface area (Å²) >= 11 is 0. The first-order valence-corrected chi connectivity index (χ1v) is 7.69. The fraction of sp³-hybridized carbons (Fsp3) is 0.500. The normalized spacial score (nSPS) is 20.2. The fourth-order valence-corrected chi connectivity index (χ4v) is 4.12. The van der Waals surface area contributed by atoms with Gasteiger partial charge < -0.3 is 5.73 Å². The van der Waals surface area contributed by atoms with Gasteiger partial charge in [0.05, 0.1) is 9.82 Å². The quantitative estimate of drug-likeness (QED) is 0.660. The van der Waals surface area contributed by atoms with Gasteiger partial charge in [0.1, 0.15) is 0 Å². The number of rotatable bonds is 3. The molecular weight excluding hydrogens is 282 g/mol. The lowest BCUT2D eigenvalue weighted by Gasteiger charge is -2.18. The predicted octanol–water partition coefficient (Wildman–Crippen LogP) is 0.933. The molecule has 0 spiro atoms. The number of aryl methyl sites for hydroxylation is 1. The highest BCUT2D eigenvalue weighted by Crippen LogP contribution is 2.29. The summed E-state index contributed by atoms with van der Waals surface area (Å²) in [5.74, 6) is 0. The van der Waals surface area contributed by atoms with Crippen molar-refractivity contribution in [2.75, 3.05) is 13.1 Å². The lowest BCUT2D eigenvalue weighted by molar-refractivity contribution is -0.385. The zero-order valence-electron chi connectivity index (χ0n) is 11.4. The van der Waals surface area contributed by atoms with Crippen LogP contribution in [0.2, 0.25) is 0 Å². The lowest BCUT2D eigenvalue weighted by atomic mass is 10.1. The number of non-ortho nitro benzene ring substituents is 1. The Morgan fingerprint density at radius 1 is 1.40 bits per heavy atom. The fourth-order valence-electron chi connectivity index (χ4n) is 2.29. The maximum atomic E-state index is 12.6. The Labute approximate surface area is 117 Å². The van der Waals surface area contributed by atoms with Crippen molar-refractivity contribution in [3.05, 3.63) is 33.4 Å². The predicted molar refractivity (Wildman–Crippen MR) is 73.9 cm³/mol. The molecule has 1 aliphatic rings. The first-order chi connectivity index (χ1) is 9.23. The first-order valence-electron chi connectivity index (χ1n) is 6.25. The first kappa shape index (κ1) is 14.9. The number of nitrogens with two attached hydrogens (primary N) is 1. The van der Waals surface area contributed by atoms with Crippen LogP contribution in [0.15, 0.2) is 17.0 Å². The maximum absolute atomic E-state index is 12.6. The summed E-state index contributed by atoms with van der Waals surface area (Å²) in [4.78, 5) is 10.3. The molecular formula is C12H17N3O4S. The van der Waals surface area contributed by atoms with Crippen LogP contribution in [0.3, 0.4) is 0 Å². The summed E-state index contributed by atoms with van der Waals surface area (Å²) in [5.41, 5.74) is 6.64. The molecule has 0 aromatic heterocycles. The molecule has 1 saturated heterocycles. The molecule has 1 aliphatic heterocycles. The van der Waals surface area contributed by atoms with E-state index in [1.807, 2.05) is 0 Å². The number of nitro benzene ring substituents is 1. The molecule has 7 nitrogen and oxygen atoms in total. The highest BCUT2D eigenvalue weighted by molar-refractivity contribution is 7.89. The van der Waals surface area contributed by atoms with Crippen molar-refractivity contribution in [2.24, 2.45) is 5.73 Å². The lowest BCUT2D eigenvalue weighted by Crippen LogP contribution is -2.32. The van der Waals surface area contributed by atoms with Gasteiger partial charge in [-0.15, -0.1) is 0 Å². The monoisotopic (exact) mass is 299 g/mol. The molecule has 2 N–H and O–H groups in total. The van der Waals surface area contributed by atoms with Crippen LogP contribution in [0.1, 0.15) is 17.5 Å². The highest BCUT2D eigenvalue weighted by Gasteiger charge is 2.33. The van der Waals surface area contributed by atoms with E-state index in [2.05, 4.69) is 0 Å². The van der Waals surface area contributed by atoms with E-state index in [0.717, 1.165) is 6.07 Å². The van der Waals surface area contributed by atoms with Crippen molar-refractivity contribution in [2.45, 2.75) is 31.2 Å². The molecule has 0 radical (unpaired) electrons. The third-order valence-electron chi connectivity index (χ3n) is 3.62. The van der Waals surface area contributed by atoms with E-state index in [-0.39, 0.29) is 23.2 Å². The van der Waals surface area contributed by atoms with Gasteiger partial charge >= 0.3 is 0 Å². The van der Waals surface area contributed by atoms with Crippen molar-refractivity contribution >= 4 is 15.7 Å². The third-order valence-corrected chi connectivity index (χ3v) is 5.61. The Kier molecular flexibility index (Phi) is 3.81. The number of sulfonamides is 1. The summed E-state index contributed by atoms with van der Waals surface area (Å²) in [6, 6.07) is 2.33. The number of hydrogen-bond donors (Lipinski definition) is 1. The smallest absolute Gasteiger partial charge is 0.271 e. The molecule has 0 amide bonds. The Balaban J connectivity index is 2.54. The van der Waals surface area contributed by atoms with Crippen molar-refractivity contribution in [3.63, 3.8) is 0 Å². The maximum Gasteiger partial charge on any atom is 0.271 e. The Hall–Kier alpha value is -1.51. The largest absolute Gasteiger partial charge is 0.326 e. The van der Waals surface area contributed by atoms with Gasteiger partial charge in [-0.3, -0.25) is 10.1 Å². The van der Waals surface area contributed by atoms with Crippen LogP contribution in [-0.4, -0.2) is 36.8 Å². The van der Waals surface area contributed by atoms with E-state index in [0.29, 0.717) is 24.1 Å². The molecule has 2 rings (SSSR count). The van der Waals surface area contributed by atoms with Crippen LogP contribution in [0.5, 0.6) is 0 Å². The second-order valence-corrected chi connectivity index (χ2v) is 6.96. The van der Waals surface area contributed by atoms with Crippen LogP contribution >= 0.6 is 0 Å². The second-order valence-electron chi connectivity index (χ2n) is 5.05. The molecule has 110 valence electrons. The Morgan fingerprint density at radius 2 is 2.05 bits per heavy atom. The standard InChI is InChI=1S/C12H17N3O4S/c1-8-5-11(15(16)17)6-12(9(8)2)20(18,19)14-4-3-10(13)7-14/h5-6,10H,3-4,7,13H2,1-2H3/t10-/m0/s1. The minimum Gasteiger partial charge on any atom is -0.326 e. The molecule has 1 heterocycles. The van der Waals surface area contributed by atoms with Crippen LogP contribution < -0.4 is 5.73 Å². The van der Waals surface area contributed by atoms with E-state index < -0.39 is 14.9 Å². The minimum atomic E-state index is -3.73. The Bertz CT molecular complexity index is 657. The molecule has 1 fully saturated rings. The number of nitro groups is 1. The average molecular weight is 299 g/mol. The molecule has 0 aliphatic carbocycles. The van der Waals surface area contributed by atoms with E-state index in [1.54, 1.807) is 13.8 Å².